The molecule has 0 saturated heterocycles. The number of hydrogen-bond donors (Lipinski definition) is 1. The van der Waals surface area contributed by atoms with Crippen LogP contribution in [0.2, 0.25) is 0 Å². The third-order valence-electron chi connectivity index (χ3n) is 3.22. The summed E-state index contributed by atoms with van der Waals surface area (Å²) in [4.78, 5) is 23.7. The number of ether oxygens (including phenoxy) is 1. The number of benzene rings is 1. The molecule has 0 aliphatic carbocycles. The lowest BCUT2D eigenvalue weighted by Crippen LogP contribution is -2.29. The van der Waals surface area contributed by atoms with Crippen LogP contribution >= 0.6 is 0 Å². The Morgan fingerprint density at radius 2 is 1.77 bits per heavy atom. The third-order valence-corrected chi connectivity index (χ3v) is 3.22. The SMILES string of the molecule is CC(C)c1ccc(NC(=O)[C@H](C)OC(=O)c2ccco2)cc1. The summed E-state index contributed by atoms with van der Waals surface area (Å²) in [6, 6.07) is 10.6. The van der Waals surface area contributed by atoms with E-state index in [1.54, 1.807) is 6.07 Å². The van der Waals surface area contributed by atoms with Gasteiger partial charge in [0, 0.05) is 5.69 Å². The van der Waals surface area contributed by atoms with Crippen LogP contribution in [0.25, 0.3) is 0 Å². The Kier molecular flexibility index (Phi) is 4.99. The first-order chi connectivity index (χ1) is 10.5. The predicted molar refractivity (Wildman–Crippen MR) is 82.7 cm³/mol. The van der Waals surface area contributed by atoms with Crippen LogP contribution < -0.4 is 5.32 Å². The van der Waals surface area contributed by atoms with E-state index in [1.807, 2.05) is 24.3 Å². The summed E-state index contributed by atoms with van der Waals surface area (Å²) in [5, 5.41) is 2.71. The van der Waals surface area contributed by atoms with Crippen LogP contribution in [-0.2, 0) is 9.53 Å². The van der Waals surface area contributed by atoms with Gasteiger partial charge < -0.3 is 14.5 Å². The van der Waals surface area contributed by atoms with Crippen molar-refractivity contribution in [1.29, 1.82) is 0 Å². The van der Waals surface area contributed by atoms with Gasteiger partial charge in [-0.05, 0) is 42.7 Å². The van der Waals surface area contributed by atoms with Gasteiger partial charge in [-0.1, -0.05) is 26.0 Å². The molecule has 1 amide bonds. The zero-order chi connectivity index (χ0) is 16.1. The highest BCUT2D eigenvalue weighted by atomic mass is 16.6. The minimum atomic E-state index is -0.914. The monoisotopic (exact) mass is 301 g/mol. The van der Waals surface area contributed by atoms with Crippen LogP contribution in [0.1, 0.15) is 42.8 Å². The first-order valence-corrected chi connectivity index (χ1v) is 7.12. The minimum absolute atomic E-state index is 0.0703. The van der Waals surface area contributed by atoms with Gasteiger partial charge in [0.1, 0.15) is 0 Å². The lowest BCUT2D eigenvalue weighted by Gasteiger charge is -2.13. The lowest BCUT2D eigenvalue weighted by atomic mass is 10.0. The number of nitrogens with one attached hydrogen (secondary N) is 1. The van der Waals surface area contributed by atoms with E-state index < -0.39 is 18.0 Å². The van der Waals surface area contributed by atoms with Gasteiger partial charge >= 0.3 is 5.97 Å². The minimum Gasteiger partial charge on any atom is -0.457 e. The van der Waals surface area contributed by atoms with Crippen LogP contribution in [0.5, 0.6) is 0 Å². The van der Waals surface area contributed by atoms with E-state index in [0.717, 1.165) is 0 Å². The molecule has 0 fully saturated rings. The van der Waals surface area contributed by atoms with Gasteiger partial charge in [-0.2, -0.15) is 0 Å². The van der Waals surface area contributed by atoms with Crippen LogP contribution in [0.15, 0.2) is 47.1 Å². The molecule has 0 unspecified atom stereocenters. The van der Waals surface area contributed by atoms with Crippen molar-refractivity contribution in [3.8, 4) is 0 Å². The molecule has 2 rings (SSSR count). The molecule has 1 aromatic carbocycles. The molecule has 0 radical (unpaired) electrons. The fourth-order valence-electron chi connectivity index (χ4n) is 1.86. The Hall–Kier alpha value is -2.56. The molecule has 116 valence electrons. The maximum Gasteiger partial charge on any atom is 0.374 e. The summed E-state index contributed by atoms with van der Waals surface area (Å²) in [6.45, 7) is 5.71. The van der Waals surface area contributed by atoms with Gasteiger partial charge in [-0.3, -0.25) is 4.79 Å². The number of amides is 1. The lowest BCUT2D eigenvalue weighted by molar-refractivity contribution is -0.123. The van der Waals surface area contributed by atoms with E-state index >= 15 is 0 Å². The van der Waals surface area contributed by atoms with E-state index in [1.165, 1.54) is 24.8 Å². The van der Waals surface area contributed by atoms with E-state index in [4.69, 9.17) is 9.15 Å². The molecule has 1 heterocycles. The zero-order valence-electron chi connectivity index (χ0n) is 12.8. The smallest absolute Gasteiger partial charge is 0.374 e. The third kappa shape index (κ3) is 3.97. The molecule has 5 heteroatoms. The van der Waals surface area contributed by atoms with Crippen molar-refractivity contribution >= 4 is 17.6 Å². The first-order valence-electron chi connectivity index (χ1n) is 7.12. The number of esters is 1. The van der Waals surface area contributed by atoms with E-state index in [-0.39, 0.29) is 5.76 Å². The molecule has 0 saturated carbocycles. The number of rotatable bonds is 5. The molecular formula is C17H19NO4. The normalized spacial score (nSPS) is 12.0. The summed E-state index contributed by atoms with van der Waals surface area (Å²) >= 11 is 0. The standard InChI is InChI=1S/C17H19NO4/c1-11(2)13-6-8-14(9-7-13)18-16(19)12(3)22-17(20)15-5-4-10-21-15/h4-12H,1-3H3,(H,18,19)/t12-/m0/s1. The second kappa shape index (κ2) is 6.93. The second-order valence-corrected chi connectivity index (χ2v) is 5.29. The predicted octanol–water partition coefficient (Wildman–Crippen LogP) is 3.59. The summed E-state index contributed by atoms with van der Waals surface area (Å²) in [6.07, 6.45) is 0.458. The summed E-state index contributed by atoms with van der Waals surface area (Å²) in [7, 11) is 0. The molecule has 0 bridgehead atoms. The van der Waals surface area contributed by atoms with Gasteiger partial charge in [0.15, 0.2) is 6.10 Å². The Labute approximate surface area is 129 Å². The molecule has 1 aromatic heterocycles. The van der Waals surface area contributed by atoms with Crippen molar-refractivity contribution in [1.82, 2.24) is 0 Å². The molecular weight excluding hydrogens is 282 g/mol. The number of carbonyl (C=O) groups excluding carboxylic acids is 2. The van der Waals surface area contributed by atoms with E-state index in [2.05, 4.69) is 19.2 Å². The Bertz CT molecular complexity index is 629. The van der Waals surface area contributed by atoms with Crippen molar-refractivity contribution in [3.05, 3.63) is 54.0 Å². The molecule has 5 nitrogen and oxygen atoms in total. The van der Waals surface area contributed by atoms with Crippen molar-refractivity contribution in [2.24, 2.45) is 0 Å². The highest BCUT2D eigenvalue weighted by Crippen LogP contribution is 2.17. The second-order valence-electron chi connectivity index (χ2n) is 5.29. The maximum atomic E-state index is 12.0. The van der Waals surface area contributed by atoms with Crippen molar-refractivity contribution < 1.29 is 18.7 Å². The highest BCUT2D eigenvalue weighted by Gasteiger charge is 2.20. The van der Waals surface area contributed by atoms with Crippen molar-refractivity contribution in [3.63, 3.8) is 0 Å². The van der Waals surface area contributed by atoms with Gasteiger partial charge in [0.05, 0.1) is 6.26 Å². The summed E-state index contributed by atoms with van der Waals surface area (Å²) in [5.41, 5.74) is 1.85. The summed E-state index contributed by atoms with van der Waals surface area (Å²) < 4.78 is 9.97. The van der Waals surface area contributed by atoms with Gasteiger partial charge in [0.2, 0.25) is 5.76 Å². The molecule has 1 atom stereocenters. The molecule has 0 aliphatic heterocycles. The van der Waals surface area contributed by atoms with Crippen LogP contribution in [0.3, 0.4) is 0 Å². The maximum absolute atomic E-state index is 12.0. The largest absolute Gasteiger partial charge is 0.457 e. The molecule has 1 N–H and O–H groups in total. The number of hydrogen-bond acceptors (Lipinski definition) is 4. The van der Waals surface area contributed by atoms with Gasteiger partial charge in [0.25, 0.3) is 5.91 Å². The fraction of sp³-hybridized carbons (Fsp3) is 0.294. The molecule has 22 heavy (non-hydrogen) atoms. The fourth-order valence-corrected chi connectivity index (χ4v) is 1.86. The van der Waals surface area contributed by atoms with Crippen LogP contribution in [0.4, 0.5) is 5.69 Å². The van der Waals surface area contributed by atoms with Gasteiger partial charge in [-0.25, -0.2) is 4.79 Å². The average molecular weight is 301 g/mol. The first kappa shape index (κ1) is 15.8. The van der Waals surface area contributed by atoms with Crippen LogP contribution in [-0.4, -0.2) is 18.0 Å². The highest BCUT2D eigenvalue weighted by molar-refractivity contribution is 5.96. The molecule has 0 aliphatic rings. The van der Waals surface area contributed by atoms with E-state index in [0.29, 0.717) is 11.6 Å². The number of furan rings is 1. The van der Waals surface area contributed by atoms with Crippen molar-refractivity contribution in [2.45, 2.75) is 32.8 Å². The molecule has 0 spiro atoms. The number of carbonyl (C=O) groups is 2. The van der Waals surface area contributed by atoms with Crippen LogP contribution in [0, 0.1) is 0 Å². The number of anilines is 1. The Morgan fingerprint density at radius 3 is 2.32 bits per heavy atom. The molecule has 2 aromatic rings. The Balaban J connectivity index is 1.92. The van der Waals surface area contributed by atoms with Gasteiger partial charge in [-0.15, -0.1) is 0 Å². The quantitative estimate of drug-likeness (QED) is 0.857. The average Bonchev–Trinajstić information content (AvgIpc) is 3.02. The summed E-state index contributed by atoms with van der Waals surface area (Å²) in [5.74, 6) is -0.557. The zero-order valence-corrected chi connectivity index (χ0v) is 12.8. The van der Waals surface area contributed by atoms with Crippen molar-refractivity contribution in [2.75, 3.05) is 5.32 Å². The Morgan fingerprint density at radius 1 is 1.09 bits per heavy atom. The van der Waals surface area contributed by atoms with E-state index in [9.17, 15) is 9.59 Å². The topological polar surface area (TPSA) is 68.5 Å².